The molecule has 2 heterocycles. The van der Waals surface area contributed by atoms with Crippen LogP contribution in [-0.2, 0) is 6.54 Å². The van der Waals surface area contributed by atoms with Gasteiger partial charge in [-0.2, -0.15) is 0 Å². The van der Waals surface area contributed by atoms with E-state index in [1.165, 1.54) is 0 Å². The molecule has 1 aromatic rings. The maximum absolute atomic E-state index is 9.44. The van der Waals surface area contributed by atoms with Gasteiger partial charge in [-0.3, -0.25) is 4.90 Å². The lowest BCUT2D eigenvalue weighted by atomic mass is 10.2. The second kappa shape index (κ2) is 3.67. The fourth-order valence-corrected chi connectivity index (χ4v) is 1.86. The van der Waals surface area contributed by atoms with E-state index < -0.39 is 0 Å². The lowest BCUT2D eigenvalue weighted by Gasteiger charge is -2.17. The Morgan fingerprint density at radius 3 is 2.86 bits per heavy atom. The van der Waals surface area contributed by atoms with E-state index in [9.17, 15) is 5.11 Å². The molecule has 78 valence electrons. The Bertz CT molecular complexity index is 313. The standard InChI is InChI=1S/C9H15N3O2/c1-6-3-8(13)4-12(6)5-9-11-10-7(2)14-9/h6,8,13H,3-5H2,1-2H3. The summed E-state index contributed by atoms with van der Waals surface area (Å²) in [6.45, 7) is 5.21. The number of hydrogen-bond donors (Lipinski definition) is 1. The van der Waals surface area contributed by atoms with Gasteiger partial charge in [-0.15, -0.1) is 10.2 Å². The van der Waals surface area contributed by atoms with Gasteiger partial charge in [0.25, 0.3) is 0 Å². The number of aryl methyl sites for hydroxylation is 1. The average Bonchev–Trinajstić information content (AvgIpc) is 2.61. The maximum Gasteiger partial charge on any atom is 0.230 e. The Hall–Kier alpha value is -0.940. The van der Waals surface area contributed by atoms with Gasteiger partial charge in [0, 0.05) is 19.5 Å². The van der Waals surface area contributed by atoms with Crippen LogP contribution in [-0.4, -0.2) is 38.9 Å². The normalized spacial score (nSPS) is 28.5. The van der Waals surface area contributed by atoms with Gasteiger partial charge in [0.15, 0.2) is 0 Å². The van der Waals surface area contributed by atoms with E-state index >= 15 is 0 Å². The molecule has 5 heteroatoms. The van der Waals surface area contributed by atoms with Crippen LogP contribution in [0.5, 0.6) is 0 Å². The van der Waals surface area contributed by atoms with Crippen LogP contribution in [0, 0.1) is 6.92 Å². The van der Waals surface area contributed by atoms with Crippen LogP contribution in [0.3, 0.4) is 0 Å². The number of aromatic nitrogens is 2. The number of likely N-dealkylation sites (tertiary alicyclic amines) is 1. The first kappa shape index (κ1) is 9.61. The highest BCUT2D eigenvalue weighted by molar-refractivity contribution is 4.86. The summed E-state index contributed by atoms with van der Waals surface area (Å²) in [5, 5.41) is 17.1. The Labute approximate surface area is 82.7 Å². The number of rotatable bonds is 2. The van der Waals surface area contributed by atoms with E-state index in [0.717, 1.165) is 6.42 Å². The summed E-state index contributed by atoms with van der Waals surface area (Å²) in [6.07, 6.45) is 0.613. The highest BCUT2D eigenvalue weighted by atomic mass is 16.4. The first-order chi connectivity index (χ1) is 6.65. The molecular formula is C9H15N3O2. The molecule has 0 spiro atoms. The van der Waals surface area contributed by atoms with Crippen molar-refractivity contribution in [3.63, 3.8) is 0 Å². The summed E-state index contributed by atoms with van der Waals surface area (Å²) in [4.78, 5) is 2.15. The molecule has 14 heavy (non-hydrogen) atoms. The molecule has 1 fully saturated rings. The van der Waals surface area contributed by atoms with Crippen molar-refractivity contribution in [1.29, 1.82) is 0 Å². The van der Waals surface area contributed by atoms with Crippen LogP contribution < -0.4 is 0 Å². The van der Waals surface area contributed by atoms with Crippen molar-refractivity contribution in [2.75, 3.05) is 6.54 Å². The van der Waals surface area contributed by atoms with Gasteiger partial charge in [-0.1, -0.05) is 0 Å². The zero-order chi connectivity index (χ0) is 10.1. The quantitative estimate of drug-likeness (QED) is 0.740. The van der Waals surface area contributed by atoms with Crippen molar-refractivity contribution in [3.8, 4) is 0 Å². The van der Waals surface area contributed by atoms with Crippen LogP contribution >= 0.6 is 0 Å². The lowest BCUT2D eigenvalue weighted by Crippen LogP contribution is -2.27. The Balaban J connectivity index is 1.98. The van der Waals surface area contributed by atoms with E-state index in [1.807, 2.05) is 0 Å². The van der Waals surface area contributed by atoms with Gasteiger partial charge < -0.3 is 9.52 Å². The van der Waals surface area contributed by atoms with Gasteiger partial charge in [-0.05, 0) is 13.3 Å². The number of nitrogens with zero attached hydrogens (tertiary/aromatic N) is 3. The van der Waals surface area contributed by atoms with Crippen LogP contribution in [0.25, 0.3) is 0 Å². The summed E-state index contributed by atoms with van der Waals surface area (Å²) in [6, 6.07) is 0.386. The molecule has 1 aromatic heterocycles. The van der Waals surface area contributed by atoms with Crippen LogP contribution in [0.15, 0.2) is 4.42 Å². The van der Waals surface area contributed by atoms with E-state index in [1.54, 1.807) is 6.92 Å². The van der Waals surface area contributed by atoms with Gasteiger partial charge in [-0.25, -0.2) is 0 Å². The van der Waals surface area contributed by atoms with Crippen LogP contribution in [0.2, 0.25) is 0 Å². The SMILES string of the molecule is Cc1nnc(CN2CC(O)CC2C)o1. The number of β-amino-alcohol motifs (C(OH)–C–C–N with tert-alkyl or cyclic N) is 1. The molecule has 1 N–H and O–H groups in total. The molecule has 5 nitrogen and oxygen atoms in total. The predicted molar refractivity (Wildman–Crippen MR) is 49.5 cm³/mol. The number of aliphatic hydroxyl groups is 1. The molecule has 1 saturated heterocycles. The fraction of sp³-hybridized carbons (Fsp3) is 0.778. The molecule has 0 radical (unpaired) electrons. The molecule has 0 saturated carbocycles. The molecule has 0 aromatic carbocycles. The number of hydrogen-bond acceptors (Lipinski definition) is 5. The molecule has 0 bridgehead atoms. The second-order valence-electron chi connectivity index (χ2n) is 3.88. The largest absolute Gasteiger partial charge is 0.424 e. The highest BCUT2D eigenvalue weighted by Gasteiger charge is 2.28. The third-order valence-corrected chi connectivity index (χ3v) is 2.59. The Morgan fingerprint density at radius 1 is 1.57 bits per heavy atom. The second-order valence-corrected chi connectivity index (χ2v) is 3.88. The van der Waals surface area contributed by atoms with E-state index in [0.29, 0.717) is 30.9 Å². The van der Waals surface area contributed by atoms with Gasteiger partial charge in [0.1, 0.15) is 0 Å². The molecule has 1 aliphatic rings. The zero-order valence-corrected chi connectivity index (χ0v) is 8.47. The predicted octanol–water partition coefficient (Wildman–Crippen LogP) is 0.333. The van der Waals surface area contributed by atoms with Gasteiger partial charge in [0.05, 0.1) is 12.6 Å². The van der Waals surface area contributed by atoms with Gasteiger partial charge in [0.2, 0.25) is 11.8 Å². The van der Waals surface area contributed by atoms with E-state index in [4.69, 9.17) is 4.42 Å². The van der Waals surface area contributed by atoms with Crippen molar-refractivity contribution in [1.82, 2.24) is 15.1 Å². The Morgan fingerprint density at radius 2 is 2.36 bits per heavy atom. The summed E-state index contributed by atoms with van der Waals surface area (Å²) >= 11 is 0. The molecule has 2 unspecified atom stereocenters. The fourth-order valence-electron chi connectivity index (χ4n) is 1.86. The third kappa shape index (κ3) is 1.93. The first-order valence-electron chi connectivity index (χ1n) is 4.86. The minimum atomic E-state index is -0.214. The first-order valence-corrected chi connectivity index (χ1v) is 4.86. The van der Waals surface area contributed by atoms with E-state index in [2.05, 4.69) is 22.0 Å². The topological polar surface area (TPSA) is 62.4 Å². The van der Waals surface area contributed by atoms with Crippen molar-refractivity contribution >= 4 is 0 Å². The van der Waals surface area contributed by atoms with Crippen molar-refractivity contribution in [2.45, 2.75) is 39.0 Å². The zero-order valence-electron chi connectivity index (χ0n) is 8.47. The molecular weight excluding hydrogens is 182 g/mol. The molecule has 0 aliphatic carbocycles. The Kier molecular flexibility index (Phi) is 2.52. The third-order valence-electron chi connectivity index (χ3n) is 2.59. The maximum atomic E-state index is 9.44. The highest BCUT2D eigenvalue weighted by Crippen LogP contribution is 2.19. The van der Waals surface area contributed by atoms with Crippen molar-refractivity contribution < 1.29 is 9.52 Å². The summed E-state index contributed by atoms with van der Waals surface area (Å²) in [7, 11) is 0. The lowest BCUT2D eigenvalue weighted by molar-refractivity contribution is 0.168. The molecule has 2 atom stereocenters. The van der Waals surface area contributed by atoms with Gasteiger partial charge >= 0.3 is 0 Å². The monoisotopic (exact) mass is 197 g/mol. The average molecular weight is 197 g/mol. The molecule has 0 amide bonds. The minimum Gasteiger partial charge on any atom is -0.424 e. The van der Waals surface area contributed by atoms with Crippen molar-refractivity contribution in [3.05, 3.63) is 11.8 Å². The summed E-state index contributed by atoms with van der Waals surface area (Å²) < 4.78 is 5.28. The van der Waals surface area contributed by atoms with Crippen LogP contribution in [0.1, 0.15) is 25.1 Å². The molecule has 1 aliphatic heterocycles. The van der Waals surface area contributed by atoms with Crippen LogP contribution in [0.4, 0.5) is 0 Å². The smallest absolute Gasteiger partial charge is 0.230 e. The number of aliphatic hydroxyl groups excluding tert-OH is 1. The molecule has 2 rings (SSSR count). The van der Waals surface area contributed by atoms with Crippen molar-refractivity contribution in [2.24, 2.45) is 0 Å². The summed E-state index contributed by atoms with van der Waals surface area (Å²) in [5.74, 6) is 1.22. The summed E-state index contributed by atoms with van der Waals surface area (Å²) in [5.41, 5.74) is 0. The van der Waals surface area contributed by atoms with E-state index in [-0.39, 0.29) is 6.10 Å². The minimum absolute atomic E-state index is 0.214.